The molecule has 117 heavy (non-hydrogen) atoms. The molecule has 0 aliphatic rings. The van der Waals surface area contributed by atoms with Crippen molar-refractivity contribution in [3.05, 3.63) is 384 Å². The molecule has 0 fully saturated rings. The minimum absolute atomic E-state index is 0.0605. The van der Waals surface area contributed by atoms with Gasteiger partial charge in [0.25, 0.3) is 23.6 Å². The van der Waals surface area contributed by atoms with Crippen molar-refractivity contribution in [2.24, 2.45) is 0 Å². The fraction of sp³-hybridized carbons (Fsp3) is 0. The largest absolute Gasteiger partial charge is 0.478 e. The Morgan fingerprint density at radius 3 is 0.735 bits per heavy atom. The first-order valence-electron chi connectivity index (χ1n) is 35.8. The Morgan fingerprint density at radius 2 is 0.444 bits per heavy atom. The first-order valence-corrected chi connectivity index (χ1v) is 39.2. The van der Waals surface area contributed by atoms with E-state index in [4.69, 9.17) is 23.7 Å². The van der Waals surface area contributed by atoms with Crippen LogP contribution in [0.4, 0.5) is 22.7 Å². The summed E-state index contributed by atoms with van der Waals surface area (Å²) in [6.45, 7) is 0. The summed E-state index contributed by atoms with van der Waals surface area (Å²) in [7, 11) is -7.60. The third kappa shape index (κ3) is 17.7. The molecule has 0 bridgehead atoms. The van der Waals surface area contributed by atoms with E-state index in [9.17, 15) is 58.8 Å². The Kier molecular flexibility index (Phi) is 23.0. The highest BCUT2D eigenvalue weighted by Gasteiger charge is 2.36. The van der Waals surface area contributed by atoms with E-state index in [0.717, 1.165) is 24.3 Å². The van der Waals surface area contributed by atoms with Crippen LogP contribution in [0, 0.1) is 0 Å². The summed E-state index contributed by atoms with van der Waals surface area (Å²) in [5, 5.41) is 53.7. The van der Waals surface area contributed by atoms with Gasteiger partial charge in [0.2, 0.25) is 0 Å². The molecule has 14 aromatic carbocycles. The van der Waals surface area contributed by atoms with Gasteiger partial charge in [0.15, 0.2) is 14.3 Å². The molecule has 23 nitrogen and oxygen atoms in total. The van der Waals surface area contributed by atoms with Crippen LogP contribution in [0.2, 0.25) is 0 Å². The van der Waals surface area contributed by atoms with E-state index in [1.807, 2.05) is 0 Å². The van der Waals surface area contributed by atoms with Crippen molar-refractivity contribution in [3.63, 3.8) is 0 Å². The number of aromatic carboxylic acids is 4. The molecule has 0 aliphatic heterocycles. The van der Waals surface area contributed by atoms with Gasteiger partial charge in [-0.25, -0.2) is 19.2 Å². The van der Waals surface area contributed by atoms with Crippen molar-refractivity contribution in [2.75, 3.05) is 21.3 Å². The third-order valence-electron chi connectivity index (χ3n) is 18.3. The van der Waals surface area contributed by atoms with E-state index in [1.54, 1.807) is 218 Å². The monoisotopic (exact) mass is 1590 g/mol. The summed E-state index contributed by atoms with van der Waals surface area (Å²) in [6, 6.07) is 88.3. The molecule has 0 heterocycles. The SMILES string of the molecule is O=C(O)c1ccccc1C(=O)Nc1cccc(Oc2ccc(P(=O)(c3ccccc3)c3ccccc3)c(Oc3cccc(NC(=O)c4cc(Oc5ccc(C(=O)O)c(C(=O)Nc6cccc(Oc7cc(Oc8cccc(NC(=O)c9ccccc9C(=O)O)c8)ccc7P(=O)(c7ccccc7)c7ccccc7)c6)c5)ccc4C(=O)O)c3)c2)c1. The third-order valence-corrected chi connectivity index (χ3v) is 24.5. The fourth-order valence-electron chi connectivity index (χ4n) is 12.9. The zero-order valence-corrected chi connectivity index (χ0v) is 62.9. The van der Waals surface area contributed by atoms with Gasteiger partial charge in [0, 0.05) is 80.4 Å². The van der Waals surface area contributed by atoms with Gasteiger partial charge in [-0.05, 0) is 133 Å². The van der Waals surface area contributed by atoms with Gasteiger partial charge in [-0.3, -0.25) is 19.2 Å². The molecular weight excluding hydrogens is 1530 g/mol. The van der Waals surface area contributed by atoms with Crippen LogP contribution >= 0.6 is 14.3 Å². The Morgan fingerprint density at radius 1 is 0.214 bits per heavy atom. The van der Waals surface area contributed by atoms with Crippen molar-refractivity contribution in [3.8, 4) is 57.5 Å². The number of carbonyl (C=O) groups excluding carboxylic acids is 4. The zero-order valence-electron chi connectivity index (χ0n) is 61.1. The number of benzene rings is 14. The van der Waals surface area contributed by atoms with E-state index in [-0.39, 0.29) is 124 Å². The second kappa shape index (κ2) is 34.5. The van der Waals surface area contributed by atoms with Gasteiger partial charge in [0.05, 0.1) is 55.1 Å². The molecule has 0 spiro atoms. The maximum absolute atomic E-state index is 16.1. The van der Waals surface area contributed by atoms with Crippen LogP contribution in [0.1, 0.15) is 82.9 Å². The predicted octanol–water partition coefficient (Wildman–Crippen LogP) is 17.7. The molecule has 0 saturated carbocycles. The topological polar surface area (TPSA) is 346 Å². The first kappa shape index (κ1) is 78.0. The molecule has 0 radical (unpaired) electrons. The average Bonchev–Trinajstić information content (AvgIpc) is 0.755. The molecule has 25 heteroatoms. The molecule has 14 rings (SSSR count). The Labute approximate surface area is 667 Å². The van der Waals surface area contributed by atoms with Crippen LogP contribution in [-0.2, 0) is 9.13 Å². The maximum atomic E-state index is 16.1. The highest BCUT2D eigenvalue weighted by Crippen LogP contribution is 2.49. The van der Waals surface area contributed by atoms with E-state index in [0.29, 0.717) is 21.2 Å². The summed E-state index contributed by atoms with van der Waals surface area (Å²) in [4.78, 5) is 105. The average molecular weight is 1590 g/mol. The smallest absolute Gasteiger partial charge is 0.336 e. The van der Waals surface area contributed by atoms with Crippen LogP contribution in [0.15, 0.2) is 340 Å². The van der Waals surface area contributed by atoms with Crippen molar-refractivity contribution in [2.45, 2.75) is 0 Å². The van der Waals surface area contributed by atoms with Crippen molar-refractivity contribution >= 4 is 116 Å². The standard InChI is InChI=1S/C92H64N4O19P2/c97-85(73-37-13-15-39-75(73)89(101)102)93-57-21-17-25-61(49-57)111-67-43-47-83(116(109,69-29-5-1-6-30-69)70-31-7-2-8-32-70)81(55-67)114-63-27-19-23-59(51-63)95-87(99)79-53-65(41-45-77(79)91(105)106)113-66-42-46-78(92(107)108)80(54-66)88(100)96-60-24-20-28-64(52-60)115-82-56-68(44-48-84(82)117(110,71-33-9-3-10-34-71)72-35-11-4-12-36-72)112-62-26-18-22-58(50-62)94-86(98)74-38-14-16-40-76(74)90(103)104/h1-56H,(H,93,97)(H,94,98)(H,95,99)(H,96,100)(H,101,102)(H,103,104)(H,105,106)(H,107,108). The van der Waals surface area contributed by atoms with Gasteiger partial charge in [0.1, 0.15) is 57.5 Å². The summed E-state index contributed by atoms with van der Waals surface area (Å²) in [5.74, 6) is -7.69. The van der Waals surface area contributed by atoms with Crippen LogP contribution in [0.3, 0.4) is 0 Å². The highest BCUT2D eigenvalue weighted by atomic mass is 31.2. The Bertz CT molecular complexity index is 5860. The van der Waals surface area contributed by atoms with Crippen molar-refractivity contribution < 1.29 is 91.6 Å². The molecule has 0 aliphatic carbocycles. The number of hydrogen-bond donors (Lipinski definition) is 8. The lowest BCUT2D eigenvalue weighted by molar-refractivity contribution is 0.0683. The van der Waals surface area contributed by atoms with E-state index in [1.165, 1.54) is 97.1 Å². The number of hydrogen-bond acceptors (Lipinski definition) is 15. The molecule has 0 aromatic heterocycles. The lowest BCUT2D eigenvalue weighted by Gasteiger charge is -2.23. The summed E-state index contributed by atoms with van der Waals surface area (Å²) in [5.41, 5.74) is -1.37. The van der Waals surface area contributed by atoms with E-state index in [2.05, 4.69) is 21.3 Å². The number of rotatable bonds is 28. The summed E-state index contributed by atoms with van der Waals surface area (Å²) < 4.78 is 64.4. The van der Waals surface area contributed by atoms with Gasteiger partial charge in [-0.2, -0.15) is 0 Å². The number of ether oxygens (including phenoxy) is 5. The molecular formula is C92H64N4O19P2. The molecule has 0 unspecified atom stereocenters. The van der Waals surface area contributed by atoms with Crippen LogP contribution in [0.25, 0.3) is 0 Å². The molecule has 8 N–H and O–H groups in total. The van der Waals surface area contributed by atoms with E-state index < -0.39 is 72.9 Å². The van der Waals surface area contributed by atoms with Gasteiger partial charge in [-0.15, -0.1) is 0 Å². The van der Waals surface area contributed by atoms with Crippen LogP contribution in [-0.4, -0.2) is 67.9 Å². The molecule has 576 valence electrons. The number of anilines is 4. The van der Waals surface area contributed by atoms with Gasteiger partial charge in [-0.1, -0.05) is 170 Å². The predicted molar refractivity (Wildman–Crippen MR) is 443 cm³/mol. The summed E-state index contributed by atoms with van der Waals surface area (Å²) in [6.07, 6.45) is 0. The molecule has 14 aromatic rings. The van der Waals surface area contributed by atoms with Crippen LogP contribution < -0.4 is 76.8 Å². The number of amides is 4. The van der Waals surface area contributed by atoms with Crippen molar-refractivity contribution in [1.82, 2.24) is 0 Å². The fourth-order valence-corrected chi connectivity index (χ4v) is 18.4. The van der Waals surface area contributed by atoms with Gasteiger partial charge < -0.3 is 74.5 Å². The second-order valence-corrected chi connectivity index (χ2v) is 31.5. The Hall–Kier alpha value is -15.7. The van der Waals surface area contributed by atoms with Gasteiger partial charge >= 0.3 is 23.9 Å². The second-order valence-electron chi connectivity index (χ2n) is 26.0. The molecule has 4 amide bonds. The molecule has 0 saturated heterocycles. The minimum atomic E-state index is -3.80. The van der Waals surface area contributed by atoms with Crippen molar-refractivity contribution in [1.29, 1.82) is 0 Å². The zero-order chi connectivity index (χ0) is 81.7. The van der Waals surface area contributed by atoms with E-state index >= 15 is 9.13 Å². The lowest BCUT2D eigenvalue weighted by Crippen LogP contribution is -2.26. The van der Waals surface area contributed by atoms with Crippen LogP contribution in [0.5, 0.6) is 57.5 Å². The number of carboxylic acids is 4. The quantitative estimate of drug-likeness (QED) is 0.0211. The lowest BCUT2D eigenvalue weighted by atomic mass is 10.1. The number of nitrogens with one attached hydrogen (secondary N) is 4. The Balaban J connectivity index is 0.714. The summed E-state index contributed by atoms with van der Waals surface area (Å²) >= 11 is 0. The first-order chi connectivity index (χ1) is 56.6. The maximum Gasteiger partial charge on any atom is 0.336 e. The highest BCUT2D eigenvalue weighted by molar-refractivity contribution is 7.86. The number of carbonyl (C=O) groups is 8. The minimum Gasteiger partial charge on any atom is -0.478 e. The number of carboxylic acid groups (broad SMARTS) is 4. The molecule has 0 atom stereocenters. The normalized spacial score (nSPS) is 11.0.